The lowest BCUT2D eigenvalue weighted by Crippen LogP contribution is -2.44. The van der Waals surface area contributed by atoms with Gasteiger partial charge >= 0.3 is 12.0 Å². The van der Waals surface area contributed by atoms with Crippen LogP contribution in [0, 0.1) is 5.41 Å². The van der Waals surface area contributed by atoms with Crippen LogP contribution in [-0.2, 0) is 6.42 Å². The van der Waals surface area contributed by atoms with Crippen molar-refractivity contribution in [1.82, 2.24) is 10.6 Å². The van der Waals surface area contributed by atoms with Crippen molar-refractivity contribution in [3.63, 3.8) is 0 Å². The van der Waals surface area contributed by atoms with Crippen LogP contribution in [-0.4, -0.2) is 30.2 Å². The molecule has 0 aromatic heterocycles. The second-order valence-corrected chi connectivity index (χ2v) is 6.03. The summed E-state index contributed by atoms with van der Waals surface area (Å²) in [6.45, 7) is 3.46. The van der Waals surface area contributed by atoms with Crippen LogP contribution in [0.2, 0.25) is 0 Å². The maximum Gasteiger partial charge on any atom is 0.335 e. The van der Waals surface area contributed by atoms with E-state index in [1.807, 2.05) is 0 Å². The topological polar surface area (TPSA) is 78.4 Å². The number of hydrogen-bond acceptors (Lipinski definition) is 2. The second-order valence-electron chi connectivity index (χ2n) is 6.03. The van der Waals surface area contributed by atoms with Crippen LogP contribution in [0.4, 0.5) is 4.79 Å². The van der Waals surface area contributed by atoms with Gasteiger partial charge in [-0.1, -0.05) is 25.5 Å². The quantitative estimate of drug-likeness (QED) is 0.753. The van der Waals surface area contributed by atoms with Crippen molar-refractivity contribution in [3.05, 3.63) is 35.4 Å². The molecule has 0 radical (unpaired) electrons. The van der Waals surface area contributed by atoms with Crippen molar-refractivity contribution < 1.29 is 14.7 Å². The molecule has 3 N–H and O–H groups in total. The number of amides is 2. The largest absolute Gasteiger partial charge is 0.478 e. The van der Waals surface area contributed by atoms with Crippen molar-refractivity contribution in [2.75, 3.05) is 13.1 Å². The monoisotopic (exact) mass is 290 g/mol. The lowest BCUT2D eigenvalue weighted by Gasteiger charge is -2.38. The minimum Gasteiger partial charge on any atom is -0.478 e. The summed E-state index contributed by atoms with van der Waals surface area (Å²) in [5.41, 5.74) is 1.56. The Balaban J connectivity index is 1.66. The van der Waals surface area contributed by atoms with Crippen LogP contribution < -0.4 is 10.6 Å². The molecule has 0 bridgehead atoms. The molecule has 0 aliphatic heterocycles. The summed E-state index contributed by atoms with van der Waals surface area (Å²) in [5, 5.41) is 14.5. The predicted molar refractivity (Wildman–Crippen MR) is 80.5 cm³/mol. The highest BCUT2D eigenvalue weighted by Gasteiger charge is 2.31. The van der Waals surface area contributed by atoms with Gasteiger partial charge in [0.15, 0.2) is 0 Å². The average molecular weight is 290 g/mol. The number of benzene rings is 1. The number of carbonyl (C=O) groups excluding carboxylic acids is 1. The van der Waals surface area contributed by atoms with Crippen molar-refractivity contribution in [2.24, 2.45) is 5.41 Å². The number of nitrogens with one attached hydrogen (secondary N) is 2. The number of rotatable bonds is 6. The molecule has 114 valence electrons. The summed E-state index contributed by atoms with van der Waals surface area (Å²) < 4.78 is 0. The highest BCUT2D eigenvalue weighted by molar-refractivity contribution is 5.87. The Morgan fingerprint density at radius 2 is 1.86 bits per heavy atom. The summed E-state index contributed by atoms with van der Waals surface area (Å²) in [5.74, 6) is -0.927. The zero-order valence-corrected chi connectivity index (χ0v) is 12.3. The summed E-state index contributed by atoms with van der Waals surface area (Å²) >= 11 is 0. The van der Waals surface area contributed by atoms with Gasteiger partial charge in [-0.05, 0) is 42.4 Å². The molecule has 0 spiro atoms. The lowest BCUT2D eigenvalue weighted by molar-refractivity contribution is 0.0697. The van der Waals surface area contributed by atoms with Gasteiger partial charge in [0.2, 0.25) is 0 Å². The maximum absolute atomic E-state index is 11.7. The van der Waals surface area contributed by atoms with E-state index in [1.165, 1.54) is 19.3 Å². The molecule has 0 atom stereocenters. The number of aromatic carboxylic acids is 1. The fraction of sp³-hybridized carbons (Fsp3) is 0.500. The van der Waals surface area contributed by atoms with E-state index in [0.29, 0.717) is 13.0 Å². The fourth-order valence-electron chi connectivity index (χ4n) is 2.45. The summed E-state index contributed by atoms with van der Waals surface area (Å²) in [6, 6.07) is 6.58. The third-order valence-electron chi connectivity index (χ3n) is 4.14. The molecule has 2 amide bonds. The average Bonchev–Trinajstić information content (AvgIpc) is 2.43. The molecule has 1 aromatic rings. The summed E-state index contributed by atoms with van der Waals surface area (Å²) in [6.07, 6.45) is 4.31. The van der Waals surface area contributed by atoms with Crippen LogP contribution in [0.25, 0.3) is 0 Å². The van der Waals surface area contributed by atoms with Crippen molar-refractivity contribution >= 4 is 12.0 Å². The van der Waals surface area contributed by atoms with Gasteiger partial charge in [-0.25, -0.2) is 9.59 Å². The molecule has 1 aliphatic carbocycles. The number of carbonyl (C=O) groups is 2. The first-order valence-corrected chi connectivity index (χ1v) is 7.32. The number of carboxylic acid groups (broad SMARTS) is 1. The van der Waals surface area contributed by atoms with Gasteiger partial charge in [0.05, 0.1) is 5.56 Å². The van der Waals surface area contributed by atoms with Gasteiger partial charge in [0.25, 0.3) is 0 Å². The molecule has 0 heterocycles. The molecular formula is C16H22N2O3. The molecule has 1 aliphatic rings. The van der Waals surface area contributed by atoms with E-state index in [1.54, 1.807) is 24.3 Å². The van der Waals surface area contributed by atoms with E-state index >= 15 is 0 Å². The van der Waals surface area contributed by atoms with Gasteiger partial charge in [0.1, 0.15) is 0 Å². The van der Waals surface area contributed by atoms with Gasteiger partial charge in [-0.2, -0.15) is 0 Å². The molecule has 21 heavy (non-hydrogen) atoms. The molecule has 1 aromatic carbocycles. The molecule has 2 rings (SSSR count). The van der Waals surface area contributed by atoms with Crippen LogP contribution in [0.15, 0.2) is 24.3 Å². The molecule has 0 saturated heterocycles. The molecule has 5 heteroatoms. The first-order chi connectivity index (χ1) is 9.98. The highest BCUT2D eigenvalue weighted by atomic mass is 16.4. The number of hydrogen-bond donors (Lipinski definition) is 3. The Hall–Kier alpha value is -2.04. The molecular weight excluding hydrogens is 268 g/mol. The summed E-state index contributed by atoms with van der Waals surface area (Å²) in [4.78, 5) is 22.4. The van der Waals surface area contributed by atoms with E-state index in [2.05, 4.69) is 17.6 Å². The van der Waals surface area contributed by atoms with Gasteiger partial charge in [0, 0.05) is 13.1 Å². The van der Waals surface area contributed by atoms with E-state index in [4.69, 9.17) is 5.11 Å². The van der Waals surface area contributed by atoms with E-state index in [9.17, 15) is 9.59 Å². The van der Waals surface area contributed by atoms with Crippen molar-refractivity contribution in [1.29, 1.82) is 0 Å². The Kier molecular flexibility index (Phi) is 4.83. The minimum atomic E-state index is -0.927. The Labute approximate surface area is 124 Å². The van der Waals surface area contributed by atoms with E-state index in [-0.39, 0.29) is 17.0 Å². The molecule has 1 fully saturated rings. The third kappa shape index (κ3) is 4.48. The maximum atomic E-state index is 11.7. The van der Waals surface area contributed by atoms with Crippen molar-refractivity contribution in [2.45, 2.75) is 32.6 Å². The minimum absolute atomic E-state index is 0.134. The van der Waals surface area contributed by atoms with Crippen LogP contribution in [0.5, 0.6) is 0 Å². The standard InChI is InChI=1S/C16H22N2O3/c1-16(8-2-9-16)11-18-15(21)17-10-7-12-3-5-13(6-4-12)14(19)20/h3-6H,2,7-11H2,1H3,(H,19,20)(H2,17,18,21). The zero-order valence-electron chi connectivity index (χ0n) is 12.3. The SMILES string of the molecule is CC1(CNC(=O)NCCc2ccc(C(=O)O)cc2)CCC1. The summed E-state index contributed by atoms with van der Waals surface area (Å²) in [7, 11) is 0. The second kappa shape index (κ2) is 6.61. The Morgan fingerprint density at radius 1 is 1.19 bits per heavy atom. The zero-order chi connectivity index (χ0) is 15.3. The predicted octanol–water partition coefficient (Wildman–Crippen LogP) is 2.42. The van der Waals surface area contributed by atoms with Gasteiger partial charge in [-0.15, -0.1) is 0 Å². The smallest absolute Gasteiger partial charge is 0.335 e. The van der Waals surface area contributed by atoms with Crippen LogP contribution in [0.3, 0.4) is 0 Å². The Morgan fingerprint density at radius 3 is 2.38 bits per heavy atom. The van der Waals surface area contributed by atoms with Crippen LogP contribution in [0.1, 0.15) is 42.1 Å². The van der Waals surface area contributed by atoms with Gasteiger partial charge < -0.3 is 15.7 Å². The first kappa shape index (κ1) is 15.4. The fourth-order valence-corrected chi connectivity index (χ4v) is 2.45. The van der Waals surface area contributed by atoms with Crippen molar-refractivity contribution in [3.8, 4) is 0 Å². The highest BCUT2D eigenvalue weighted by Crippen LogP contribution is 2.39. The molecule has 0 unspecified atom stereocenters. The van der Waals surface area contributed by atoms with E-state index < -0.39 is 5.97 Å². The number of carboxylic acids is 1. The third-order valence-corrected chi connectivity index (χ3v) is 4.14. The lowest BCUT2D eigenvalue weighted by atomic mass is 9.70. The van der Waals surface area contributed by atoms with Crippen LogP contribution >= 0.6 is 0 Å². The number of urea groups is 1. The normalized spacial score (nSPS) is 15.9. The molecule has 5 nitrogen and oxygen atoms in total. The molecule has 1 saturated carbocycles. The van der Waals surface area contributed by atoms with E-state index in [0.717, 1.165) is 12.1 Å². The first-order valence-electron chi connectivity index (χ1n) is 7.32. The van der Waals surface area contributed by atoms with Gasteiger partial charge in [-0.3, -0.25) is 0 Å². The Bertz CT molecular complexity index is 507.